The molecule has 0 fully saturated rings. The number of amides is 1. The molecule has 0 unspecified atom stereocenters. The second-order valence-corrected chi connectivity index (χ2v) is 8.68. The van der Waals surface area contributed by atoms with Gasteiger partial charge < -0.3 is 14.8 Å². The van der Waals surface area contributed by atoms with E-state index in [9.17, 15) is 4.79 Å². The third kappa shape index (κ3) is 7.44. The minimum Gasteiger partial charge on any atom is -0.494 e. The molecule has 1 N–H and O–H groups in total. The van der Waals surface area contributed by atoms with Crippen molar-refractivity contribution >= 4 is 27.5 Å². The molecule has 31 heavy (non-hydrogen) atoms. The van der Waals surface area contributed by atoms with Crippen LogP contribution in [-0.2, 0) is 6.42 Å². The van der Waals surface area contributed by atoms with Crippen LogP contribution in [0.4, 0.5) is 5.69 Å². The van der Waals surface area contributed by atoms with Crippen LogP contribution in [0.3, 0.4) is 0 Å². The molecule has 3 aromatic rings. The van der Waals surface area contributed by atoms with Crippen LogP contribution in [0.5, 0.6) is 11.5 Å². The topological polar surface area (TPSA) is 47.6 Å². The molecule has 162 valence electrons. The largest absolute Gasteiger partial charge is 0.494 e. The Morgan fingerprint density at radius 3 is 2.55 bits per heavy atom. The molecule has 0 aliphatic rings. The van der Waals surface area contributed by atoms with Crippen molar-refractivity contribution in [3.63, 3.8) is 0 Å². The van der Waals surface area contributed by atoms with Crippen LogP contribution in [0.2, 0.25) is 0 Å². The number of carbonyl (C=O) groups is 1. The van der Waals surface area contributed by atoms with Crippen LogP contribution in [0.1, 0.15) is 36.2 Å². The Hall–Kier alpha value is -2.79. The van der Waals surface area contributed by atoms with E-state index in [1.54, 1.807) is 6.07 Å². The van der Waals surface area contributed by atoms with Crippen molar-refractivity contribution in [1.82, 2.24) is 0 Å². The van der Waals surface area contributed by atoms with E-state index in [-0.39, 0.29) is 5.91 Å². The number of benzene rings is 3. The van der Waals surface area contributed by atoms with Crippen molar-refractivity contribution in [3.8, 4) is 11.5 Å². The first kappa shape index (κ1) is 22.9. The van der Waals surface area contributed by atoms with Gasteiger partial charge in [-0.15, -0.1) is 0 Å². The number of carbonyl (C=O) groups excluding carboxylic acids is 1. The number of hydrogen-bond acceptors (Lipinski definition) is 3. The van der Waals surface area contributed by atoms with Crippen LogP contribution in [0, 0.1) is 5.92 Å². The molecule has 0 aromatic heterocycles. The standard InChI is InChI=1S/C26H28BrNO3/c1-19(2)18-31-25-14-13-21(27)16-24(25)26(29)28-22-11-6-12-23(17-22)30-15-7-10-20-8-4-3-5-9-20/h3-6,8-9,11-14,16-17,19H,7,10,15,18H2,1-2H3,(H,28,29). The van der Waals surface area contributed by atoms with Crippen LogP contribution in [0.25, 0.3) is 0 Å². The zero-order chi connectivity index (χ0) is 22.1. The van der Waals surface area contributed by atoms with E-state index in [4.69, 9.17) is 9.47 Å². The maximum Gasteiger partial charge on any atom is 0.259 e. The highest BCUT2D eigenvalue weighted by molar-refractivity contribution is 9.10. The Balaban J connectivity index is 1.59. The van der Waals surface area contributed by atoms with Crippen molar-refractivity contribution in [1.29, 1.82) is 0 Å². The zero-order valence-electron chi connectivity index (χ0n) is 17.9. The molecular formula is C26H28BrNO3. The molecule has 3 rings (SSSR count). The first-order chi connectivity index (χ1) is 15.0. The average Bonchev–Trinajstić information content (AvgIpc) is 2.77. The Labute approximate surface area is 192 Å². The monoisotopic (exact) mass is 481 g/mol. The van der Waals surface area contributed by atoms with E-state index in [0.29, 0.717) is 36.1 Å². The van der Waals surface area contributed by atoms with Gasteiger partial charge in [-0.3, -0.25) is 4.79 Å². The number of halogens is 1. The number of ether oxygens (including phenoxy) is 2. The fourth-order valence-electron chi connectivity index (χ4n) is 3.04. The Morgan fingerprint density at radius 2 is 1.77 bits per heavy atom. The van der Waals surface area contributed by atoms with Gasteiger partial charge >= 0.3 is 0 Å². The maximum absolute atomic E-state index is 12.9. The summed E-state index contributed by atoms with van der Waals surface area (Å²) in [5.41, 5.74) is 2.47. The van der Waals surface area contributed by atoms with Crippen molar-refractivity contribution in [2.24, 2.45) is 5.92 Å². The third-order valence-electron chi connectivity index (χ3n) is 4.57. The van der Waals surface area contributed by atoms with Gasteiger partial charge in [0, 0.05) is 16.2 Å². The maximum atomic E-state index is 12.9. The van der Waals surface area contributed by atoms with Gasteiger partial charge in [0.15, 0.2) is 0 Å². The summed E-state index contributed by atoms with van der Waals surface area (Å²) in [5.74, 6) is 1.45. The summed E-state index contributed by atoms with van der Waals surface area (Å²) < 4.78 is 12.5. The molecule has 0 heterocycles. The lowest BCUT2D eigenvalue weighted by Gasteiger charge is -2.14. The van der Waals surface area contributed by atoms with Crippen LogP contribution in [-0.4, -0.2) is 19.1 Å². The molecule has 0 spiro atoms. The minimum absolute atomic E-state index is 0.221. The quantitative estimate of drug-likeness (QED) is 0.325. The van der Waals surface area contributed by atoms with Crippen LogP contribution in [0.15, 0.2) is 77.3 Å². The van der Waals surface area contributed by atoms with E-state index < -0.39 is 0 Å². The minimum atomic E-state index is -0.221. The van der Waals surface area contributed by atoms with Crippen molar-refractivity contribution in [2.45, 2.75) is 26.7 Å². The molecule has 0 atom stereocenters. The second kappa shape index (κ2) is 11.6. The molecule has 0 saturated heterocycles. The SMILES string of the molecule is CC(C)COc1ccc(Br)cc1C(=O)Nc1cccc(OCCCc2ccccc2)c1. The predicted molar refractivity (Wildman–Crippen MR) is 129 cm³/mol. The van der Waals surface area contributed by atoms with Crippen LogP contribution < -0.4 is 14.8 Å². The lowest BCUT2D eigenvalue weighted by atomic mass is 10.1. The highest BCUT2D eigenvalue weighted by atomic mass is 79.9. The summed E-state index contributed by atoms with van der Waals surface area (Å²) in [5, 5.41) is 2.95. The van der Waals surface area contributed by atoms with Gasteiger partial charge in [0.25, 0.3) is 5.91 Å². The van der Waals surface area contributed by atoms with Gasteiger partial charge in [-0.1, -0.05) is 66.2 Å². The van der Waals surface area contributed by atoms with E-state index in [1.165, 1.54) is 5.56 Å². The Morgan fingerprint density at radius 1 is 0.968 bits per heavy atom. The summed E-state index contributed by atoms with van der Waals surface area (Å²) in [7, 11) is 0. The summed E-state index contributed by atoms with van der Waals surface area (Å²) in [6.07, 6.45) is 1.90. The fourth-order valence-corrected chi connectivity index (χ4v) is 3.40. The molecule has 0 saturated carbocycles. The highest BCUT2D eigenvalue weighted by Crippen LogP contribution is 2.26. The number of rotatable bonds is 10. The number of aryl methyl sites for hydroxylation is 1. The summed E-state index contributed by atoms with van der Waals surface area (Å²) in [6, 6.07) is 23.3. The number of nitrogens with one attached hydrogen (secondary N) is 1. The summed E-state index contributed by atoms with van der Waals surface area (Å²) >= 11 is 3.44. The Kier molecular flexibility index (Phi) is 8.53. The summed E-state index contributed by atoms with van der Waals surface area (Å²) in [6.45, 7) is 5.31. The third-order valence-corrected chi connectivity index (χ3v) is 5.06. The van der Waals surface area contributed by atoms with E-state index >= 15 is 0 Å². The first-order valence-electron chi connectivity index (χ1n) is 10.5. The van der Waals surface area contributed by atoms with E-state index in [0.717, 1.165) is 23.1 Å². The molecule has 0 bridgehead atoms. The van der Waals surface area contributed by atoms with E-state index in [2.05, 4.69) is 47.2 Å². The first-order valence-corrected chi connectivity index (χ1v) is 11.3. The molecular weight excluding hydrogens is 454 g/mol. The van der Waals surface area contributed by atoms with Gasteiger partial charge in [0.05, 0.1) is 18.8 Å². The van der Waals surface area contributed by atoms with Gasteiger partial charge in [0.1, 0.15) is 11.5 Å². The van der Waals surface area contributed by atoms with Crippen molar-refractivity contribution in [3.05, 3.63) is 88.4 Å². The van der Waals surface area contributed by atoms with Crippen molar-refractivity contribution in [2.75, 3.05) is 18.5 Å². The normalized spacial score (nSPS) is 10.7. The summed E-state index contributed by atoms with van der Waals surface area (Å²) in [4.78, 5) is 12.9. The molecule has 4 nitrogen and oxygen atoms in total. The van der Waals surface area contributed by atoms with Gasteiger partial charge in [-0.25, -0.2) is 0 Å². The number of hydrogen-bond donors (Lipinski definition) is 1. The average molecular weight is 482 g/mol. The van der Waals surface area contributed by atoms with Gasteiger partial charge in [-0.05, 0) is 54.7 Å². The van der Waals surface area contributed by atoms with Crippen molar-refractivity contribution < 1.29 is 14.3 Å². The second-order valence-electron chi connectivity index (χ2n) is 7.76. The lowest BCUT2D eigenvalue weighted by Crippen LogP contribution is -2.15. The lowest BCUT2D eigenvalue weighted by molar-refractivity contribution is 0.102. The molecule has 3 aromatic carbocycles. The predicted octanol–water partition coefficient (Wildman–Crippen LogP) is 6.75. The molecule has 0 aliphatic carbocycles. The Bertz CT molecular complexity index is 989. The molecule has 1 amide bonds. The number of anilines is 1. The smallest absolute Gasteiger partial charge is 0.259 e. The highest BCUT2D eigenvalue weighted by Gasteiger charge is 2.14. The van der Waals surface area contributed by atoms with Gasteiger partial charge in [-0.2, -0.15) is 0 Å². The molecule has 0 aliphatic heterocycles. The van der Waals surface area contributed by atoms with Gasteiger partial charge in [0.2, 0.25) is 0 Å². The fraction of sp³-hybridized carbons (Fsp3) is 0.269. The zero-order valence-corrected chi connectivity index (χ0v) is 19.5. The van der Waals surface area contributed by atoms with E-state index in [1.807, 2.05) is 54.6 Å². The molecule has 5 heteroatoms. The van der Waals surface area contributed by atoms with Crippen LogP contribution >= 0.6 is 15.9 Å². The molecule has 0 radical (unpaired) electrons.